The maximum Gasteiger partial charge on any atom is 0.263 e. The molecule has 2 heterocycles. The van der Waals surface area contributed by atoms with Crippen molar-refractivity contribution in [1.82, 2.24) is 10.3 Å². The summed E-state index contributed by atoms with van der Waals surface area (Å²) < 4.78 is 5.99. The van der Waals surface area contributed by atoms with Crippen molar-refractivity contribution in [1.29, 1.82) is 0 Å². The number of thiophene rings is 1. The van der Waals surface area contributed by atoms with E-state index in [1.807, 2.05) is 6.92 Å². The number of rotatable bonds is 3. The highest BCUT2D eigenvalue weighted by atomic mass is 79.9. The molecule has 0 aliphatic heterocycles. The number of halogens is 1. The van der Waals surface area contributed by atoms with Crippen molar-refractivity contribution in [2.24, 2.45) is 0 Å². The van der Waals surface area contributed by atoms with E-state index in [4.69, 9.17) is 10.5 Å². The molecule has 0 radical (unpaired) electrons. The number of aromatic nitrogens is 1. The number of carbonyl (C=O) groups excluding carboxylic acids is 1. The first-order valence-electron chi connectivity index (χ1n) is 6.25. The molecule has 5 nitrogen and oxygen atoms in total. The van der Waals surface area contributed by atoms with Gasteiger partial charge in [0.05, 0.1) is 17.3 Å². The molecule has 0 saturated heterocycles. The number of amides is 1. The normalized spacial score (nSPS) is 14.6. The van der Waals surface area contributed by atoms with Crippen LogP contribution in [0.15, 0.2) is 4.47 Å². The highest BCUT2D eigenvalue weighted by Crippen LogP contribution is 2.40. The number of aryl methyl sites for hydroxylation is 1. The summed E-state index contributed by atoms with van der Waals surface area (Å²) in [5.41, 5.74) is 7.58. The van der Waals surface area contributed by atoms with Crippen LogP contribution in [-0.2, 0) is 0 Å². The number of nitrogens with two attached hydrogens (primary N) is 1. The molecule has 7 heteroatoms. The van der Waals surface area contributed by atoms with Gasteiger partial charge in [0.2, 0.25) is 5.88 Å². The minimum atomic E-state index is -0.109. The fraction of sp³-hybridized carbons (Fsp3) is 0.385. The molecule has 1 aliphatic rings. The Morgan fingerprint density at radius 3 is 2.85 bits per heavy atom. The van der Waals surface area contributed by atoms with E-state index in [-0.39, 0.29) is 5.91 Å². The molecule has 1 saturated carbocycles. The molecule has 1 fully saturated rings. The molecule has 0 aromatic carbocycles. The Bertz CT molecular complexity index is 709. The van der Waals surface area contributed by atoms with E-state index < -0.39 is 0 Å². The predicted molar refractivity (Wildman–Crippen MR) is 83.5 cm³/mol. The molecule has 106 valence electrons. The van der Waals surface area contributed by atoms with E-state index in [1.54, 1.807) is 7.11 Å². The van der Waals surface area contributed by atoms with Crippen LogP contribution in [0, 0.1) is 6.92 Å². The van der Waals surface area contributed by atoms with Crippen molar-refractivity contribution in [3.8, 4) is 5.88 Å². The molecule has 0 bridgehead atoms. The first-order valence-corrected chi connectivity index (χ1v) is 7.86. The number of hydrogen-bond donors (Lipinski definition) is 2. The molecule has 1 aliphatic carbocycles. The van der Waals surface area contributed by atoms with Gasteiger partial charge in [0, 0.05) is 11.4 Å². The Hall–Kier alpha value is -1.34. The van der Waals surface area contributed by atoms with Crippen LogP contribution in [-0.4, -0.2) is 24.0 Å². The van der Waals surface area contributed by atoms with Crippen molar-refractivity contribution in [2.75, 3.05) is 12.8 Å². The molecule has 0 spiro atoms. The van der Waals surface area contributed by atoms with E-state index in [2.05, 4.69) is 26.2 Å². The first-order chi connectivity index (χ1) is 9.52. The topological polar surface area (TPSA) is 77.2 Å². The number of carbonyl (C=O) groups is 1. The van der Waals surface area contributed by atoms with E-state index in [1.165, 1.54) is 11.3 Å². The number of nitrogens with zero attached hydrogens (tertiary/aromatic N) is 1. The average molecular weight is 356 g/mol. The Labute approximate surface area is 128 Å². The summed E-state index contributed by atoms with van der Waals surface area (Å²) in [5, 5.41) is 3.78. The Kier molecular flexibility index (Phi) is 3.33. The second kappa shape index (κ2) is 4.89. The monoisotopic (exact) mass is 355 g/mol. The van der Waals surface area contributed by atoms with Crippen molar-refractivity contribution in [2.45, 2.75) is 25.8 Å². The largest absolute Gasteiger partial charge is 0.480 e. The van der Waals surface area contributed by atoms with Crippen LogP contribution < -0.4 is 15.8 Å². The second-order valence-electron chi connectivity index (χ2n) is 4.83. The lowest BCUT2D eigenvalue weighted by molar-refractivity contribution is 0.0956. The van der Waals surface area contributed by atoms with Gasteiger partial charge in [-0.2, -0.15) is 0 Å². The van der Waals surface area contributed by atoms with Gasteiger partial charge in [-0.15, -0.1) is 11.3 Å². The lowest BCUT2D eigenvalue weighted by Crippen LogP contribution is -2.25. The summed E-state index contributed by atoms with van der Waals surface area (Å²) in [6.45, 7) is 1.93. The van der Waals surface area contributed by atoms with Crippen LogP contribution in [0.1, 0.15) is 28.1 Å². The Balaban J connectivity index is 2.13. The summed E-state index contributed by atoms with van der Waals surface area (Å²) in [7, 11) is 1.57. The fourth-order valence-electron chi connectivity index (χ4n) is 2.07. The summed E-state index contributed by atoms with van der Waals surface area (Å²) in [6.07, 6.45) is 2.10. The maximum absolute atomic E-state index is 12.2. The highest BCUT2D eigenvalue weighted by Gasteiger charge is 2.27. The quantitative estimate of drug-likeness (QED) is 0.887. The van der Waals surface area contributed by atoms with E-state index >= 15 is 0 Å². The highest BCUT2D eigenvalue weighted by molar-refractivity contribution is 9.10. The van der Waals surface area contributed by atoms with Crippen molar-refractivity contribution in [3.05, 3.63) is 14.9 Å². The molecule has 2 aromatic heterocycles. The van der Waals surface area contributed by atoms with Crippen LogP contribution in [0.4, 0.5) is 5.69 Å². The Morgan fingerprint density at radius 1 is 1.55 bits per heavy atom. The second-order valence-corrected chi connectivity index (χ2v) is 6.62. The molecule has 3 N–H and O–H groups in total. The summed E-state index contributed by atoms with van der Waals surface area (Å²) in [4.78, 5) is 17.8. The van der Waals surface area contributed by atoms with Gasteiger partial charge in [0.25, 0.3) is 5.91 Å². The standard InChI is InChI=1S/C13H14BrN3O2S/c1-5-7-9(15)10(11(18)16-6-3-4-6)20-13(7)17-12(19-2)8(5)14/h6H,3-4,15H2,1-2H3,(H,16,18). The van der Waals surface area contributed by atoms with Gasteiger partial charge in [0.15, 0.2) is 0 Å². The van der Waals surface area contributed by atoms with Crippen LogP contribution in [0.5, 0.6) is 5.88 Å². The molecule has 20 heavy (non-hydrogen) atoms. The van der Waals surface area contributed by atoms with Gasteiger partial charge in [-0.1, -0.05) is 0 Å². The number of anilines is 1. The van der Waals surface area contributed by atoms with Crippen LogP contribution in [0.2, 0.25) is 0 Å². The zero-order valence-electron chi connectivity index (χ0n) is 11.1. The summed E-state index contributed by atoms with van der Waals surface area (Å²) in [5.74, 6) is 0.396. The summed E-state index contributed by atoms with van der Waals surface area (Å²) in [6, 6.07) is 0.308. The van der Waals surface area contributed by atoms with Gasteiger partial charge in [-0.05, 0) is 41.3 Å². The van der Waals surface area contributed by atoms with E-state index in [9.17, 15) is 4.79 Å². The van der Waals surface area contributed by atoms with Crippen molar-refractivity contribution >= 4 is 49.1 Å². The lowest BCUT2D eigenvalue weighted by atomic mass is 10.1. The zero-order chi connectivity index (χ0) is 14.4. The van der Waals surface area contributed by atoms with Crippen LogP contribution in [0.3, 0.4) is 0 Å². The Morgan fingerprint density at radius 2 is 2.25 bits per heavy atom. The van der Waals surface area contributed by atoms with Crippen LogP contribution >= 0.6 is 27.3 Å². The van der Waals surface area contributed by atoms with Crippen molar-refractivity contribution < 1.29 is 9.53 Å². The van der Waals surface area contributed by atoms with Gasteiger partial charge in [-0.25, -0.2) is 4.98 Å². The lowest BCUT2D eigenvalue weighted by Gasteiger charge is -2.06. The molecule has 0 atom stereocenters. The molecule has 0 unspecified atom stereocenters. The summed E-state index contributed by atoms with van der Waals surface area (Å²) >= 11 is 4.76. The number of nitrogens with one attached hydrogen (secondary N) is 1. The molecular formula is C13H14BrN3O2S. The van der Waals surface area contributed by atoms with Gasteiger partial charge < -0.3 is 15.8 Å². The number of hydrogen-bond acceptors (Lipinski definition) is 5. The number of pyridine rings is 1. The third-order valence-corrected chi connectivity index (χ3v) is 5.37. The average Bonchev–Trinajstić information content (AvgIpc) is 3.16. The number of ether oxygens (including phenoxy) is 1. The molecule has 3 rings (SSSR count). The third kappa shape index (κ3) is 2.14. The third-order valence-electron chi connectivity index (χ3n) is 3.33. The van der Waals surface area contributed by atoms with E-state index in [0.29, 0.717) is 22.5 Å². The van der Waals surface area contributed by atoms with Gasteiger partial charge in [0.1, 0.15) is 9.71 Å². The SMILES string of the molecule is COc1nc2sc(C(=O)NC3CC3)c(N)c2c(C)c1Br. The van der Waals surface area contributed by atoms with Gasteiger partial charge >= 0.3 is 0 Å². The number of methoxy groups -OCH3 is 1. The number of fused-ring (bicyclic) bond motifs is 1. The van der Waals surface area contributed by atoms with Crippen molar-refractivity contribution in [3.63, 3.8) is 0 Å². The first kappa shape index (κ1) is 13.6. The molecular weight excluding hydrogens is 342 g/mol. The van der Waals surface area contributed by atoms with Crippen LogP contribution in [0.25, 0.3) is 10.2 Å². The van der Waals surface area contributed by atoms with Gasteiger partial charge in [-0.3, -0.25) is 4.79 Å². The molecule has 1 amide bonds. The maximum atomic E-state index is 12.2. The predicted octanol–water partition coefficient (Wildman–Crippen LogP) is 2.85. The zero-order valence-corrected chi connectivity index (χ0v) is 13.5. The van der Waals surface area contributed by atoms with E-state index in [0.717, 1.165) is 33.1 Å². The number of nitrogen functional groups attached to an aromatic ring is 1. The molecule has 2 aromatic rings. The fourth-order valence-corrected chi connectivity index (χ4v) is 3.57. The smallest absolute Gasteiger partial charge is 0.263 e. The minimum absolute atomic E-state index is 0.109. The minimum Gasteiger partial charge on any atom is -0.480 e.